The Morgan fingerprint density at radius 2 is 2.16 bits per heavy atom. The van der Waals surface area contributed by atoms with Crippen LogP contribution in [0.15, 0.2) is 22.7 Å². The van der Waals surface area contributed by atoms with E-state index in [1.807, 2.05) is 12.1 Å². The van der Waals surface area contributed by atoms with Gasteiger partial charge in [0.25, 0.3) is 0 Å². The van der Waals surface area contributed by atoms with Crippen molar-refractivity contribution in [2.45, 2.75) is 45.7 Å². The lowest BCUT2D eigenvalue weighted by atomic mass is 9.98. The van der Waals surface area contributed by atoms with E-state index in [4.69, 9.17) is 11.2 Å². The Bertz CT molecular complexity index is 449. The molecule has 104 valence electrons. The number of hydrogen-bond donors (Lipinski definition) is 1. The lowest BCUT2D eigenvalue weighted by molar-refractivity contribution is 0.341. The summed E-state index contributed by atoms with van der Waals surface area (Å²) >= 11 is 3.49. The number of nitrogens with one attached hydrogen (secondary N) is 1. The lowest BCUT2D eigenvalue weighted by Gasteiger charge is -2.26. The Balaban J connectivity index is 2.75. The topological polar surface area (TPSA) is 21.3 Å². The highest BCUT2D eigenvalue weighted by molar-refractivity contribution is 9.10. The van der Waals surface area contributed by atoms with Crippen molar-refractivity contribution in [3.8, 4) is 18.1 Å². The summed E-state index contributed by atoms with van der Waals surface area (Å²) in [5.74, 6) is 3.34. The standard InChI is InChI=1S/C16H22BrNO/c1-5-9-16(3,4)18-12-13-11-14(17)7-8-15(13)19-10-6-2/h2,7-8,11,18H,5,9-10,12H2,1,3-4H3. The van der Waals surface area contributed by atoms with E-state index >= 15 is 0 Å². The van der Waals surface area contributed by atoms with Crippen LogP contribution in [0.1, 0.15) is 39.2 Å². The van der Waals surface area contributed by atoms with E-state index in [0.29, 0.717) is 6.61 Å². The Kier molecular flexibility index (Phi) is 6.41. The maximum absolute atomic E-state index is 5.57. The Morgan fingerprint density at radius 3 is 2.79 bits per heavy atom. The van der Waals surface area contributed by atoms with Gasteiger partial charge in [-0.25, -0.2) is 0 Å². The van der Waals surface area contributed by atoms with Crippen LogP contribution >= 0.6 is 15.9 Å². The van der Waals surface area contributed by atoms with E-state index in [2.05, 4.69) is 54.0 Å². The molecule has 0 aliphatic carbocycles. The van der Waals surface area contributed by atoms with Gasteiger partial charge in [-0.2, -0.15) is 0 Å². The SMILES string of the molecule is C#CCOc1ccc(Br)cc1CNC(C)(C)CCC. The number of benzene rings is 1. The van der Waals surface area contributed by atoms with Crippen LogP contribution in [-0.2, 0) is 6.54 Å². The van der Waals surface area contributed by atoms with E-state index in [9.17, 15) is 0 Å². The molecule has 0 saturated heterocycles. The second-order valence-electron chi connectivity index (χ2n) is 5.23. The highest BCUT2D eigenvalue weighted by Crippen LogP contribution is 2.24. The van der Waals surface area contributed by atoms with Gasteiger partial charge in [-0.1, -0.05) is 35.2 Å². The van der Waals surface area contributed by atoms with Crippen LogP contribution in [0, 0.1) is 12.3 Å². The second kappa shape index (κ2) is 7.57. The third-order valence-electron chi connectivity index (χ3n) is 2.97. The molecule has 0 bridgehead atoms. The van der Waals surface area contributed by atoms with Crippen molar-refractivity contribution < 1.29 is 4.74 Å². The molecule has 19 heavy (non-hydrogen) atoms. The molecule has 1 aromatic carbocycles. The summed E-state index contributed by atoms with van der Waals surface area (Å²) in [6.07, 6.45) is 7.55. The van der Waals surface area contributed by atoms with Gasteiger partial charge in [0.15, 0.2) is 0 Å². The number of terminal acetylenes is 1. The van der Waals surface area contributed by atoms with Crippen molar-refractivity contribution >= 4 is 15.9 Å². The first-order valence-electron chi connectivity index (χ1n) is 6.58. The lowest BCUT2D eigenvalue weighted by Crippen LogP contribution is -2.38. The molecule has 1 rings (SSSR count). The second-order valence-corrected chi connectivity index (χ2v) is 6.15. The maximum Gasteiger partial charge on any atom is 0.148 e. The zero-order valence-corrected chi connectivity index (χ0v) is 13.5. The van der Waals surface area contributed by atoms with Gasteiger partial charge in [-0.15, -0.1) is 6.42 Å². The minimum atomic E-state index is 0.125. The molecular weight excluding hydrogens is 302 g/mol. The van der Waals surface area contributed by atoms with Crippen molar-refractivity contribution in [1.29, 1.82) is 0 Å². The van der Waals surface area contributed by atoms with Crippen molar-refractivity contribution in [3.05, 3.63) is 28.2 Å². The van der Waals surface area contributed by atoms with Gasteiger partial charge in [0.05, 0.1) is 0 Å². The van der Waals surface area contributed by atoms with Gasteiger partial charge < -0.3 is 10.1 Å². The van der Waals surface area contributed by atoms with Crippen molar-refractivity contribution in [2.75, 3.05) is 6.61 Å². The normalized spacial score (nSPS) is 11.1. The summed E-state index contributed by atoms with van der Waals surface area (Å²) in [6.45, 7) is 7.70. The highest BCUT2D eigenvalue weighted by Gasteiger charge is 2.16. The van der Waals surface area contributed by atoms with Crippen LogP contribution in [0.5, 0.6) is 5.75 Å². The van der Waals surface area contributed by atoms with Crippen LogP contribution in [0.3, 0.4) is 0 Å². The van der Waals surface area contributed by atoms with Gasteiger partial charge in [0, 0.05) is 22.1 Å². The quantitative estimate of drug-likeness (QED) is 0.762. The van der Waals surface area contributed by atoms with Crippen LogP contribution < -0.4 is 10.1 Å². The van der Waals surface area contributed by atoms with Crippen molar-refractivity contribution in [1.82, 2.24) is 5.32 Å². The third-order valence-corrected chi connectivity index (χ3v) is 3.46. The van der Waals surface area contributed by atoms with Gasteiger partial charge >= 0.3 is 0 Å². The summed E-state index contributed by atoms with van der Waals surface area (Å²) in [5, 5.41) is 3.57. The number of halogens is 1. The summed E-state index contributed by atoms with van der Waals surface area (Å²) in [6, 6.07) is 5.98. The first kappa shape index (κ1) is 16.1. The molecule has 0 saturated carbocycles. The summed E-state index contributed by atoms with van der Waals surface area (Å²) < 4.78 is 6.62. The minimum Gasteiger partial charge on any atom is -0.481 e. The highest BCUT2D eigenvalue weighted by atomic mass is 79.9. The zero-order valence-electron chi connectivity index (χ0n) is 11.9. The van der Waals surface area contributed by atoms with Crippen molar-refractivity contribution in [3.63, 3.8) is 0 Å². The third kappa shape index (κ3) is 5.67. The van der Waals surface area contributed by atoms with Gasteiger partial charge in [0.1, 0.15) is 12.4 Å². The molecule has 0 aromatic heterocycles. The summed E-state index contributed by atoms with van der Waals surface area (Å²) in [4.78, 5) is 0. The molecule has 2 nitrogen and oxygen atoms in total. The molecule has 0 spiro atoms. The predicted octanol–water partition coefficient (Wildman–Crippen LogP) is 4.13. The van der Waals surface area contributed by atoms with E-state index in [-0.39, 0.29) is 5.54 Å². The molecule has 1 N–H and O–H groups in total. The maximum atomic E-state index is 5.57. The molecule has 0 aliphatic heterocycles. The van der Waals surface area contributed by atoms with E-state index < -0.39 is 0 Å². The van der Waals surface area contributed by atoms with Crippen LogP contribution in [0.25, 0.3) is 0 Å². The monoisotopic (exact) mass is 323 g/mol. The molecule has 0 amide bonds. The average molecular weight is 324 g/mol. The smallest absolute Gasteiger partial charge is 0.148 e. The van der Waals surface area contributed by atoms with Gasteiger partial charge in [-0.05, 0) is 38.5 Å². The first-order chi connectivity index (χ1) is 8.98. The molecule has 0 atom stereocenters. The van der Waals surface area contributed by atoms with Gasteiger partial charge in [0.2, 0.25) is 0 Å². The fourth-order valence-corrected chi connectivity index (χ4v) is 2.40. The van der Waals surface area contributed by atoms with Crippen LogP contribution in [0.2, 0.25) is 0 Å². The predicted molar refractivity (Wildman–Crippen MR) is 84.3 cm³/mol. The van der Waals surface area contributed by atoms with E-state index in [1.54, 1.807) is 0 Å². The fraction of sp³-hybridized carbons (Fsp3) is 0.500. The molecule has 0 radical (unpaired) electrons. The Labute approximate surface area is 125 Å². The Morgan fingerprint density at radius 1 is 1.42 bits per heavy atom. The van der Waals surface area contributed by atoms with E-state index in [0.717, 1.165) is 28.8 Å². The van der Waals surface area contributed by atoms with Crippen molar-refractivity contribution in [2.24, 2.45) is 0 Å². The van der Waals surface area contributed by atoms with Crippen LogP contribution in [-0.4, -0.2) is 12.1 Å². The van der Waals surface area contributed by atoms with Gasteiger partial charge in [-0.3, -0.25) is 0 Å². The molecule has 0 heterocycles. The molecule has 0 aliphatic rings. The number of ether oxygens (including phenoxy) is 1. The molecule has 3 heteroatoms. The summed E-state index contributed by atoms with van der Waals surface area (Å²) in [7, 11) is 0. The molecule has 0 fully saturated rings. The first-order valence-corrected chi connectivity index (χ1v) is 7.37. The van der Waals surface area contributed by atoms with E-state index in [1.165, 1.54) is 6.42 Å². The molecule has 1 aromatic rings. The minimum absolute atomic E-state index is 0.125. The fourth-order valence-electron chi connectivity index (χ4n) is 1.99. The number of rotatable bonds is 7. The summed E-state index contributed by atoms with van der Waals surface area (Å²) in [5.41, 5.74) is 1.24. The molecule has 0 unspecified atom stereocenters. The van der Waals surface area contributed by atoms with Crippen LogP contribution in [0.4, 0.5) is 0 Å². The Hall–Kier alpha value is -0.980. The number of hydrogen-bond acceptors (Lipinski definition) is 2. The zero-order chi connectivity index (χ0) is 14.3. The largest absolute Gasteiger partial charge is 0.481 e. The molecular formula is C16H22BrNO. The average Bonchev–Trinajstić information content (AvgIpc) is 2.35.